The quantitative estimate of drug-likeness (QED) is 0.696. The first-order valence-electron chi connectivity index (χ1n) is 5.69. The van der Waals surface area contributed by atoms with Crippen LogP contribution in [0.3, 0.4) is 0 Å². The lowest BCUT2D eigenvalue weighted by molar-refractivity contribution is 0.431. The van der Waals surface area contributed by atoms with Crippen LogP contribution in [0, 0.1) is 23.3 Å². The number of rotatable bonds is 4. The molecule has 0 unspecified atom stereocenters. The average molecular weight is 319 g/mol. The maximum absolute atomic E-state index is 13.5. The van der Waals surface area contributed by atoms with Crippen LogP contribution in [0.25, 0.3) is 0 Å². The molecule has 8 heteroatoms. The molecule has 0 saturated carbocycles. The van der Waals surface area contributed by atoms with Gasteiger partial charge in [0.1, 0.15) is 10.7 Å². The van der Waals surface area contributed by atoms with Gasteiger partial charge in [-0.25, -0.2) is 30.7 Å². The second-order valence-corrected chi connectivity index (χ2v) is 5.82. The maximum atomic E-state index is 13.5. The zero-order valence-electron chi connectivity index (χ0n) is 10.4. The van der Waals surface area contributed by atoms with Crippen molar-refractivity contribution < 1.29 is 26.0 Å². The van der Waals surface area contributed by atoms with Gasteiger partial charge in [-0.2, -0.15) is 0 Å². The van der Waals surface area contributed by atoms with Crippen LogP contribution in [0.5, 0.6) is 0 Å². The molecular formula is C13H9F4NO2S. The topological polar surface area (TPSA) is 46.2 Å². The highest BCUT2D eigenvalue weighted by Crippen LogP contribution is 2.20. The van der Waals surface area contributed by atoms with E-state index in [9.17, 15) is 26.0 Å². The maximum Gasteiger partial charge on any atom is 0.243 e. The third-order valence-electron chi connectivity index (χ3n) is 2.70. The Bertz CT molecular complexity index is 778. The number of hydrogen-bond donors (Lipinski definition) is 1. The molecule has 0 aliphatic carbocycles. The molecule has 2 aromatic rings. The van der Waals surface area contributed by atoms with E-state index in [4.69, 9.17) is 0 Å². The highest BCUT2D eigenvalue weighted by molar-refractivity contribution is 7.89. The van der Waals surface area contributed by atoms with Crippen molar-refractivity contribution in [2.75, 3.05) is 0 Å². The minimum atomic E-state index is -4.44. The Morgan fingerprint density at radius 3 is 2.19 bits per heavy atom. The zero-order valence-corrected chi connectivity index (χ0v) is 11.2. The van der Waals surface area contributed by atoms with E-state index in [0.717, 1.165) is 6.07 Å². The summed E-state index contributed by atoms with van der Waals surface area (Å²) >= 11 is 0. The first-order chi connectivity index (χ1) is 9.83. The molecule has 0 atom stereocenters. The van der Waals surface area contributed by atoms with Gasteiger partial charge in [0.15, 0.2) is 17.5 Å². The molecule has 0 aromatic heterocycles. The van der Waals surface area contributed by atoms with Crippen molar-refractivity contribution in [1.29, 1.82) is 0 Å². The highest BCUT2D eigenvalue weighted by atomic mass is 32.2. The van der Waals surface area contributed by atoms with E-state index in [-0.39, 0.29) is 5.56 Å². The first-order valence-corrected chi connectivity index (χ1v) is 7.18. The van der Waals surface area contributed by atoms with Crippen LogP contribution in [-0.4, -0.2) is 8.42 Å². The van der Waals surface area contributed by atoms with Crippen molar-refractivity contribution in [2.45, 2.75) is 11.4 Å². The van der Waals surface area contributed by atoms with E-state index in [1.807, 2.05) is 4.72 Å². The lowest BCUT2D eigenvalue weighted by atomic mass is 10.2. The molecule has 1 N–H and O–H groups in total. The van der Waals surface area contributed by atoms with Crippen molar-refractivity contribution in [3.63, 3.8) is 0 Å². The van der Waals surface area contributed by atoms with Crippen LogP contribution in [0.1, 0.15) is 5.56 Å². The minimum Gasteiger partial charge on any atom is -0.207 e. The molecule has 0 heterocycles. The van der Waals surface area contributed by atoms with Crippen LogP contribution >= 0.6 is 0 Å². The fourth-order valence-electron chi connectivity index (χ4n) is 1.61. The molecule has 0 aliphatic rings. The Labute approximate surface area is 118 Å². The molecule has 0 aliphatic heterocycles. The van der Waals surface area contributed by atoms with Gasteiger partial charge in [0.05, 0.1) is 0 Å². The third-order valence-corrected chi connectivity index (χ3v) is 4.12. The van der Waals surface area contributed by atoms with Crippen molar-refractivity contribution in [3.05, 3.63) is 65.2 Å². The van der Waals surface area contributed by atoms with E-state index >= 15 is 0 Å². The fourth-order valence-corrected chi connectivity index (χ4v) is 2.68. The molecular weight excluding hydrogens is 310 g/mol. The van der Waals surface area contributed by atoms with Crippen molar-refractivity contribution in [2.24, 2.45) is 0 Å². The van der Waals surface area contributed by atoms with Crippen molar-refractivity contribution in [1.82, 2.24) is 4.72 Å². The summed E-state index contributed by atoms with van der Waals surface area (Å²) in [4.78, 5) is -1.04. The van der Waals surface area contributed by atoms with Gasteiger partial charge >= 0.3 is 0 Å². The lowest BCUT2D eigenvalue weighted by Crippen LogP contribution is -2.25. The molecule has 0 bridgehead atoms. The van der Waals surface area contributed by atoms with Gasteiger partial charge in [-0.05, 0) is 18.2 Å². The monoisotopic (exact) mass is 319 g/mol. The molecule has 0 radical (unpaired) electrons. The summed E-state index contributed by atoms with van der Waals surface area (Å²) in [5.41, 5.74) is 0.0315. The SMILES string of the molecule is O=S(=O)(NCc1ccccc1F)c1ccc(F)c(F)c1F. The molecule has 0 fully saturated rings. The van der Waals surface area contributed by atoms with Crippen LogP contribution in [0.15, 0.2) is 41.3 Å². The first kappa shape index (κ1) is 15.5. The number of nitrogens with one attached hydrogen (secondary N) is 1. The Balaban J connectivity index is 2.28. The second-order valence-electron chi connectivity index (χ2n) is 4.09. The highest BCUT2D eigenvalue weighted by Gasteiger charge is 2.23. The van der Waals surface area contributed by atoms with Crippen LogP contribution in [-0.2, 0) is 16.6 Å². The molecule has 0 amide bonds. The van der Waals surface area contributed by atoms with E-state index in [0.29, 0.717) is 12.1 Å². The standard InChI is InChI=1S/C13H9F4NO2S/c14-9-4-2-1-3-8(9)7-18-21(19,20)11-6-5-10(15)12(16)13(11)17/h1-6,18H,7H2. The summed E-state index contributed by atoms with van der Waals surface area (Å²) in [7, 11) is -4.44. The van der Waals surface area contributed by atoms with Gasteiger partial charge in [-0.15, -0.1) is 0 Å². The molecule has 2 rings (SSSR count). The van der Waals surface area contributed by atoms with Gasteiger partial charge in [0.25, 0.3) is 0 Å². The Kier molecular flexibility index (Phi) is 4.29. The number of benzene rings is 2. The average Bonchev–Trinajstić information content (AvgIpc) is 2.44. The van der Waals surface area contributed by atoms with Crippen LogP contribution in [0.4, 0.5) is 17.6 Å². The van der Waals surface area contributed by atoms with E-state index in [2.05, 4.69) is 0 Å². The summed E-state index contributed by atoms with van der Waals surface area (Å²) < 4.78 is 78.2. The Hall–Kier alpha value is -1.93. The summed E-state index contributed by atoms with van der Waals surface area (Å²) in [6.07, 6.45) is 0. The van der Waals surface area contributed by atoms with Gasteiger partial charge in [0, 0.05) is 12.1 Å². The van der Waals surface area contributed by atoms with Gasteiger partial charge in [-0.1, -0.05) is 18.2 Å². The number of halogens is 4. The summed E-state index contributed by atoms with van der Waals surface area (Å²) in [5.74, 6) is -5.86. The largest absolute Gasteiger partial charge is 0.243 e. The Morgan fingerprint density at radius 1 is 0.857 bits per heavy atom. The van der Waals surface area contributed by atoms with E-state index in [1.54, 1.807) is 0 Å². The third kappa shape index (κ3) is 3.22. The lowest BCUT2D eigenvalue weighted by Gasteiger charge is -2.09. The smallest absolute Gasteiger partial charge is 0.207 e. The zero-order chi connectivity index (χ0) is 15.6. The molecule has 3 nitrogen and oxygen atoms in total. The summed E-state index contributed by atoms with van der Waals surface area (Å²) in [5, 5.41) is 0. The fraction of sp³-hybridized carbons (Fsp3) is 0.0769. The summed E-state index contributed by atoms with van der Waals surface area (Å²) in [6, 6.07) is 6.46. The van der Waals surface area contributed by atoms with Gasteiger partial charge < -0.3 is 0 Å². The van der Waals surface area contributed by atoms with Gasteiger partial charge in [0.2, 0.25) is 10.0 Å². The molecule has 0 saturated heterocycles. The number of sulfonamides is 1. The second kappa shape index (κ2) is 5.82. The van der Waals surface area contributed by atoms with Crippen LogP contribution < -0.4 is 4.72 Å². The predicted molar refractivity (Wildman–Crippen MR) is 66.7 cm³/mol. The van der Waals surface area contributed by atoms with Crippen LogP contribution in [0.2, 0.25) is 0 Å². The van der Waals surface area contributed by atoms with Crippen molar-refractivity contribution in [3.8, 4) is 0 Å². The van der Waals surface area contributed by atoms with Gasteiger partial charge in [-0.3, -0.25) is 0 Å². The van der Waals surface area contributed by atoms with E-state index < -0.39 is 44.7 Å². The predicted octanol–water partition coefficient (Wildman–Crippen LogP) is 2.72. The molecule has 21 heavy (non-hydrogen) atoms. The minimum absolute atomic E-state index is 0.0315. The Morgan fingerprint density at radius 2 is 1.52 bits per heavy atom. The molecule has 112 valence electrons. The molecule has 0 spiro atoms. The number of hydrogen-bond acceptors (Lipinski definition) is 2. The normalized spacial score (nSPS) is 11.6. The summed E-state index contributed by atoms with van der Waals surface area (Å²) in [6.45, 7) is -0.451. The van der Waals surface area contributed by atoms with E-state index in [1.165, 1.54) is 18.2 Å². The molecule has 2 aromatic carbocycles. The van der Waals surface area contributed by atoms with Crippen molar-refractivity contribution >= 4 is 10.0 Å².